The van der Waals surface area contributed by atoms with Gasteiger partial charge in [0, 0.05) is 60.3 Å². The van der Waals surface area contributed by atoms with Crippen molar-refractivity contribution >= 4 is 41.3 Å². The number of nitrogens with one attached hydrogen (secondary N) is 1. The highest BCUT2D eigenvalue weighted by molar-refractivity contribution is 9.10. The van der Waals surface area contributed by atoms with Crippen LogP contribution in [0.4, 0.5) is 5.69 Å². The molecule has 0 amide bonds. The number of hydrogen-bond acceptors (Lipinski definition) is 10. The van der Waals surface area contributed by atoms with E-state index < -0.39 is 19.7 Å². The van der Waals surface area contributed by atoms with Gasteiger partial charge in [0.05, 0.1) is 34.7 Å². The minimum atomic E-state index is -2.98. The van der Waals surface area contributed by atoms with Gasteiger partial charge in [0.1, 0.15) is 31.8 Å². The largest absolute Gasteiger partial charge is 0.371 e. The van der Waals surface area contributed by atoms with Crippen LogP contribution in [0.2, 0.25) is 0 Å². The van der Waals surface area contributed by atoms with Crippen LogP contribution in [0.15, 0.2) is 99.3 Å². The summed E-state index contributed by atoms with van der Waals surface area (Å²) in [5.41, 5.74) is 3.68. The lowest BCUT2D eigenvalue weighted by Crippen LogP contribution is -2.39. The predicted molar refractivity (Wildman–Crippen MR) is 210 cm³/mol. The highest BCUT2D eigenvalue weighted by Crippen LogP contribution is 2.24. The van der Waals surface area contributed by atoms with E-state index in [9.17, 15) is 26.4 Å². The van der Waals surface area contributed by atoms with Gasteiger partial charge in [-0.1, -0.05) is 40.2 Å². The molecule has 0 aliphatic carbocycles. The van der Waals surface area contributed by atoms with Gasteiger partial charge in [0.25, 0.3) is 11.1 Å². The summed E-state index contributed by atoms with van der Waals surface area (Å²) in [7, 11) is -5.75. The summed E-state index contributed by atoms with van der Waals surface area (Å²) in [5.74, 6) is 0. The second-order valence-electron chi connectivity index (χ2n) is 13.1. The van der Waals surface area contributed by atoms with Crippen LogP contribution in [0, 0.1) is 22.7 Å². The highest BCUT2D eigenvalue weighted by atomic mass is 79.9. The van der Waals surface area contributed by atoms with Crippen molar-refractivity contribution in [3.05, 3.63) is 133 Å². The lowest BCUT2D eigenvalue weighted by molar-refractivity contribution is 0.499. The predicted octanol–water partition coefficient (Wildman–Crippen LogP) is 4.10. The van der Waals surface area contributed by atoms with Gasteiger partial charge in [-0.25, -0.2) is 16.8 Å². The van der Waals surface area contributed by atoms with Crippen molar-refractivity contribution in [3.63, 3.8) is 0 Å². The molecule has 4 aromatic rings. The van der Waals surface area contributed by atoms with Crippen molar-refractivity contribution < 1.29 is 16.8 Å². The molecular weight excluding hydrogens is 780 g/mol. The maximum absolute atomic E-state index is 12.0. The molecule has 2 saturated heterocycles. The van der Waals surface area contributed by atoms with Gasteiger partial charge < -0.3 is 19.4 Å². The molecule has 53 heavy (non-hydrogen) atoms. The molecule has 4 heterocycles. The maximum Gasteiger partial charge on any atom is 0.250 e. The average molecular weight is 824 g/mol. The monoisotopic (exact) mass is 822 g/mol. The van der Waals surface area contributed by atoms with Crippen LogP contribution in [0.1, 0.15) is 47.9 Å². The number of sulfone groups is 2. The molecule has 0 unspecified atom stereocenters. The van der Waals surface area contributed by atoms with E-state index in [1.165, 1.54) is 45.9 Å². The molecule has 15 heteroatoms. The smallest absolute Gasteiger partial charge is 0.250 e. The molecule has 0 spiro atoms. The van der Waals surface area contributed by atoms with Gasteiger partial charge in [-0.05, 0) is 86.3 Å². The topological polar surface area (TPSA) is 175 Å². The third-order valence-electron chi connectivity index (χ3n) is 9.03. The van der Waals surface area contributed by atoms with Crippen LogP contribution >= 0.6 is 15.9 Å². The number of halogens is 1. The normalized spacial score (nSPS) is 15.2. The number of nitrogens with zero attached hydrogens (tertiary/aromatic N) is 5. The molecule has 0 saturated carbocycles. The summed E-state index contributed by atoms with van der Waals surface area (Å²) in [4.78, 5) is 25.8. The first-order chi connectivity index (χ1) is 25.2. The van der Waals surface area contributed by atoms with Crippen LogP contribution in [-0.4, -0.2) is 75.2 Å². The van der Waals surface area contributed by atoms with Crippen molar-refractivity contribution in [1.82, 2.24) is 14.5 Å². The number of aromatic nitrogens is 2. The van der Waals surface area contributed by atoms with E-state index in [0.29, 0.717) is 50.1 Å². The van der Waals surface area contributed by atoms with Crippen molar-refractivity contribution in [2.45, 2.75) is 49.3 Å². The number of hydrogen-bond donors (Lipinski definition) is 1. The van der Waals surface area contributed by atoms with Crippen molar-refractivity contribution in [1.29, 1.82) is 10.5 Å². The zero-order valence-corrected chi connectivity index (χ0v) is 32.9. The lowest BCUT2D eigenvalue weighted by Gasteiger charge is -2.33. The fourth-order valence-corrected chi connectivity index (χ4v) is 8.69. The van der Waals surface area contributed by atoms with Crippen LogP contribution in [0.3, 0.4) is 0 Å². The molecule has 2 aromatic carbocycles. The molecule has 0 bridgehead atoms. The number of piperidine rings is 2. The molecule has 2 aliphatic rings. The minimum Gasteiger partial charge on any atom is -0.371 e. The Balaban J connectivity index is 0.000000198. The standard InChI is InChI=1S/C19H21N3O3S.C13H9BrN2O.C6H13NO2S/c1-26(24,25)18-7-9-21(10-8-18)17-4-2-3-15(11-17)13-22-14-16(12-20)5-6-19(22)23;14-12-3-1-2-10(6-12)8-16-9-11(7-15)4-5-13(16)17;1-10(8,9)6-2-4-7-5-3-6/h2-6,11,14,18H,7-10,13H2,1H3;1-6,9H,8H2;6-7H,2-5H2,1H3. The van der Waals surface area contributed by atoms with E-state index >= 15 is 0 Å². The van der Waals surface area contributed by atoms with Crippen LogP contribution < -0.4 is 21.3 Å². The van der Waals surface area contributed by atoms with E-state index in [1.807, 2.05) is 60.7 Å². The van der Waals surface area contributed by atoms with Crippen LogP contribution in [-0.2, 0) is 32.8 Å². The molecule has 2 fully saturated rings. The van der Waals surface area contributed by atoms with Crippen molar-refractivity contribution in [2.75, 3.05) is 43.6 Å². The Labute approximate surface area is 319 Å². The number of rotatable bonds is 7. The van der Waals surface area contributed by atoms with Gasteiger partial charge in [-0.2, -0.15) is 10.5 Å². The minimum absolute atomic E-state index is 0.0891. The van der Waals surface area contributed by atoms with Gasteiger partial charge in [-0.15, -0.1) is 0 Å². The summed E-state index contributed by atoms with van der Waals surface area (Å²) < 4.78 is 49.3. The van der Waals surface area contributed by atoms with Gasteiger partial charge >= 0.3 is 0 Å². The number of benzene rings is 2. The Morgan fingerprint density at radius 3 is 1.62 bits per heavy atom. The fraction of sp³-hybridized carbons (Fsp3) is 0.368. The molecule has 0 atom stereocenters. The van der Waals surface area contributed by atoms with E-state index in [4.69, 9.17) is 10.5 Å². The molecule has 2 aliphatic heterocycles. The summed E-state index contributed by atoms with van der Waals surface area (Å²) >= 11 is 3.38. The van der Waals surface area contributed by atoms with E-state index in [2.05, 4.69) is 26.1 Å². The van der Waals surface area contributed by atoms with Gasteiger partial charge in [-0.3, -0.25) is 9.59 Å². The van der Waals surface area contributed by atoms with Crippen molar-refractivity contribution in [3.8, 4) is 12.1 Å². The first-order valence-corrected chi connectivity index (χ1v) is 21.7. The quantitative estimate of drug-likeness (QED) is 0.286. The summed E-state index contributed by atoms with van der Waals surface area (Å²) in [6.07, 6.45) is 8.58. The molecular formula is C38H43BrN6O6S2. The van der Waals surface area contributed by atoms with Crippen LogP contribution in [0.25, 0.3) is 0 Å². The number of nitriles is 2. The first-order valence-electron chi connectivity index (χ1n) is 17.0. The molecule has 6 rings (SSSR count). The van der Waals surface area contributed by atoms with E-state index in [-0.39, 0.29) is 21.6 Å². The SMILES string of the molecule is CS(=O)(=O)C1CCN(c2cccc(Cn3cc(C#N)ccc3=O)c2)CC1.CS(=O)(=O)C1CCNCC1.N#Cc1ccc(=O)n(Cc2cccc(Br)c2)c1. The summed E-state index contributed by atoms with van der Waals surface area (Å²) in [6, 6.07) is 25.6. The third-order valence-corrected chi connectivity index (χ3v) is 12.9. The molecule has 2 aromatic heterocycles. The second-order valence-corrected chi connectivity index (χ2v) is 18.7. The maximum atomic E-state index is 12.0. The Kier molecular flexibility index (Phi) is 14.8. The van der Waals surface area contributed by atoms with Crippen molar-refractivity contribution in [2.24, 2.45) is 0 Å². The fourth-order valence-electron chi connectivity index (χ4n) is 6.09. The van der Waals surface area contributed by atoms with Gasteiger partial charge in [0.2, 0.25) is 0 Å². The summed E-state index contributed by atoms with van der Waals surface area (Å²) in [5, 5.41) is 20.6. The Morgan fingerprint density at radius 1 is 0.698 bits per heavy atom. The molecule has 12 nitrogen and oxygen atoms in total. The number of anilines is 1. The molecule has 0 radical (unpaired) electrons. The second kappa shape index (κ2) is 19.0. The molecule has 1 N–H and O–H groups in total. The van der Waals surface area contributed by atoms with Gasteiger partial charge in [0.15, 0.2) is 0 Å². The Morgan fingerprint density at radius 2 is 1.17 bits per heavy atom. The first kappa shape index (κ1) is 41.2. The zero-order valence-electron chi connectivity index (χ0n) is 29.7. The Hall–Kier alpha value is -4.54. The Bertz CT molecular complexity index is 2300. The van der Waals surface area contributed by atoms with E-state index in [1.54, 1.807) is 12.4 Å². The lowest BCUT2D eigenvalue weighted by atomic mass is 10.1. The summed E-state index contributed by atoms with van der Waals surface area (Å²) in [6.45, 7) is 3.95. The average Bonchev–Trinajstić information content (AvgIpc) is 3.14. The highest BCUT2D eigenvalue weighted by Gasteiger charge is 2.27. The van der Waals surface area contributed by atoms with Crippen LogP contribution in [0.5, 0.6) is 0 Å². The van der Waals surface area contributed by atoms with E-state index in [0.717, 1.165) is 47.2 Å². The number of pyridine rings is 2. The zero-order chi connectivity index (χ0) is 38.6. The molecule has 280 valence electrons. The third kappa shape index (κ3) is 12.8.